The van der Waals surface area contributed by atoms with E-state index >= 15 is 0 Å². The van der Waals surface area contributed by atoms with E-state index in [2.05, 4.69) is 15.6 Å². The molecule has 2 aromatic carbocycles. The van der Waals surface area contributed by atoms with E-state index in [0.29, 0.717) is 34.3 Å². The van der Waals surface area contributed by atoms with Crippen molar-refractivity contribution in [2.45, 2.75) is 31.0 Å². The van der Waals surface area contributed by atoms with Gasteiger partial charge in [-0.05, 0) is 48.4 Å². The minimum absolute atomic E-state index is 0.123. The van der Waals surface area contributed by atoms with E-state index in [-0.39, 0.29) is 24.8 Å². The first-order valence-electron chi connectivity index (χ1n) is 11.8. The van der Waals surface area contributed by atoms with Crippen LogP contribution in [-0.2, 0) is 16.9 Å². The minimum Gasteiger partial charge on any atom is -0.497 e. The van der Waals surface area contributed by atoms with Crippen LogP contribution in [0.4, 0.5) is 4.79 Å². The predicted molar refractivity (Wildman–Crippen MR) is 134 cm³/mol. The number of amides is 4. The van der Waals surface area contributed by atoms with Crippen LogP contribution in [0.25, 0.3) is 16.5 Å². The van der Waals surface area contributed by atoms with Gasteiger partial charge in [-0.3, -0.25) is 19.9 Å². The second kappa shape index (κ2) is 8.04. The quantitative estimate of drug-likeness (QED) is 0.462. The number of hydrogen-bond donors (Lipinski definition) is 3. The number of nitrogens with zero attached hydrogens (tertiary/aromatic N) is 2. The van der Waals surface area contributed by atoms with Gasteiger partial charge in [-0.25, -0.2) is 4.79 Å². The standard InChI is InChI=1S/C27H24N4O6/c1-26(35)7-8-28-12-20(26)15-4-6-21-17(9-15)10-22(37-21)27(24(33)29-25(34)30-27)14-31-13-16-3-5-18(36-2)11-19(16)23(31)32/h3-6,8-12,35H,7,13-14H2,1-2H3,(H2,29,30,33,34)/t26?,27-/m0/s1. The Bertz CT molecular complexity index is 1550. The summed E-state index contributed by atoms with van der Waals surface area (Å²) < 4.78 is 11.3. The average Bonchev–Trinajstić information content (AvgIpc) is 3.52. The molecule has 188 valence electrons. The normalized spacial score (nSPS) is 24.8. The monoisotopic (exact) mass is 500 g/mol. The van der Waals surface area contributed by atoms with Crippen LogP contribution in [0.5, 0.6) is 5.75 Å². The SMILES string of the molecule is COc1ccc2c(c1)C(=O)N(C[C@@]1(c3cc4cc(C5=CN=CCC5(C)O)ccc4o3)NC(=O)NC1=O)C2. The zero-order chi connectivity index (χ0) is 25.9. The first-order valence-corrected chi connectivity index (χ1v) is 11.8. The van der Waals surface area contributed by atoms with E-state index in [1.807, 2.05) is 18.2 Å². The summed E-state index contributed by atoms with van der Waals surface area (Å²) in [6.45, 7) is 1.88. The van der Waals surface area contributed by atoms with Crippen molar-refractivity contribution in [3.05, 3.63) is 71.1 Å². The summed E-state index contributed by atoms with van der Waals surface area (Å²) in [5.41, 5.74) is 0.521. The molecule has 2 atom stereocenters. The number of carbonyl (C=O) groups is 3. The highest BCUT2D eigenvalue weighted by atomic mass is 16.5. The smallest absolute Gasteiger partial charge is 0.322 e. The number of aliphatic hydroxyl groups is 1. The number of benzene rings is 2. The molecule has 1 saturated heterocycles. The zero-order valence-corrected chi connectivity index (χ0v) is 20.2. The van der Waals surface area contributed by atoms with Crippen molar-refractivity contribution in [3.63, 3.8) is 0 Å². The van der Waals surface area contributed by atoms with E-state index in [1.165, 1.54) is 12.0 Å². The van der Waals surface area contributed by atoms with Gasteiger partial charge < -0.3 is 24.5 Å². The van der Waals surface area contributed by atoms with Crippen LogP contribution in [0.3, 0.4) is 0 Å². The Balaban J connectivity index is 1.38. The van der Waals surface area contributed by atoms with Gasteiger partial charge in [0.25, 0.3) is 11.8 Å². The van der Waals surface area contributed by atoms with Crippen molar-refractivity contribution < 1.29 is 28.6 Å². The summed E-state index contributed by atoms with van der Waals surface area (Å²) in [4.78, 5) is 44.4. The van der Waals surface area contributed by atoms with Crippen LogP contribution in [0.2, 0.25) is 0 Å². The van der Waals surface area contributed by atoms with Gasteiger partial charge in [0.1, 0.15) is 17.1 Å². The molecule has 4 heterocycles. The van der Waals surface area contributed by atoms with Crippen LogP contribution in [0.15, 0.2) is 58.1 Å². The van der Waals surface area contributed by atoms with Crippen molar-refractivity contribution in [2.24, 2.45) is 4.99 Å². The molecule has 3 aliphatic heterocycles. The van der Waals surface area contributed by atoms with E-state index in [0.717, 1.165) is 11.1 Å². The maximum atomic E-state index is 13.2. The highest BCUT2D eigenvalue weighted by Crippen LogP contribution is 2.37. The van der Waals surface area contributed by atoms with Gasteiger partial charge in [-0.15, -0.1) is 0 Å². The van der Waals surface area contributed by atoms with E-state index in [4.69, 9.17) is 9.15 Å². The second-order valence-electron chi connectivity index (χ2n) is 9.71. The molecule has 4 amide bonds. The molecule has 0 saturated carbocycles. The summed E-state index contributed by atoms with van der Waals surface area (Å²) >= 11 is 0. The second-order valence-corrected chi connectivity index (χ2v) is 9.71. The van der Waals surface area contributed by atoms with Crippen molar-refractivity contribution in [1.82, 2.24) is 15.5 Å². The highest BCUT2D eigenvalue weighted by molar-refractivity contribution is 6.08. The molecule has 1 aromatic heterocycles. The fourth-order valence-corrected chi connectivity index (χ4v) is 5.15. The fraction of sp³-hybridized carbons (Fsp3) is 0.259. The van der Waals surface area contributed by atoms with E-state index in [1.54, 1.807) is 43.6 Å². The Hall–Kier alpha value is -4.44. The summed E-state index contributed by atoms with van der Waals surface area (Å²) in [7, 11) is 1.53. The minimum atomic E-state index is -1.61. The van der Waals surface area contributed by atoms with Crippen LogP contribution in [-0.4, -0.2) is 53.3 Å². The van der Waals surface area contributed by atoms with Gasteiger partial charge in [0.05, 0.1) is 19.3 Å². The number of carbonyl (C=O) groups excluding carboxylic acids is 3. The third-order valence-corrected chi connectivity index (χ3v) is 7.19. The van der Waals surface area contributed by atoms with Gasteiger partial charge in [0.2, 0.25) is 0 Å². The lowest BCUT2D eigenvalue weighted by atomic mass is 9.86. The fourth-order valence-electron chi connectivity index (χ4n) is 5.15. The lowest BCUT2D eigenvalue weighted by Crippen LogP contribution is -2.52. The molecule has 3 aliphatic rings. The van der Waals surface area contributed by atoms with Gasteiger partial charge >= 0.3 is 6.03 Å². The molecular formula is C27H24N4O6. The Kier molecular flexibility index (Phi) is 4.99. The third-order valence-electron chi connectivity index (χ3n) is 7.19. The summed E-state index contributed by atoms with van der Waals surface area (Å²) in [5, 5.41) is 16.5. The maximum Gasteiger partial charge on any atom is 0.322 e. The average molecular weight is 501 g/mol. The van der Waals surface area contributed by atoms with Gasteiger partial charge in [-0.2, -0.15) is 0 Å². The molecule has 1 fully saturated rings. The van der Waals surface area contributed by atoms with Crippen molar-refractivity contribution in [1.29, 1.82) is 0 Å². The largest absolute Gasteiger partial charge is 0.497 e. The number of urea groups is 1. The summed E-state index contributed by atoms with van der Waals surface area (Å²) in [6.07, 6.45) is 3.68. The molecule has 3 N–H and O–H groups in total. The number of nitrogens with one attached hydrogen (secondary N) is 2. The molecular weight excluding hydrogens is 476 g/mol. The Morgan fingerprint density at radius 1 is 1.16 bits per heavy atom. The van der Waals surface area contributed by atoms with Gasteiger partial charge in [0, 0.05) is 41.9 Å². The zero-order valence-electron chi connectivity index (χ0n) is 20.2. The Morgan fingerprint density at radius 2 is 2.00 bits per heavy atom. The van der Waals surface area contributed by atoms with Crippen LogP contribution < -0.4 is 15.4 Å². The first-order chi connectivity index (χ1) is 17.7. The van der Waals surface area contributed by atoms with Crippen LogP contribution >= 0.6 is 0 Å². The van der Waals surface area contributed by atoms with Crippen LogP contribution in [0.1, 0.15) is 40.6 Å². The van der Waals surface area contributed by atoms with E-state index < -0.39 is 23.1 Å². The molecule has 0 bridgehead atoms. The number of imide groups is 1. The van der Waals surface area contributed by atoms with Gasteiger partial charge in [0.15, 0.2) is 5.54 Å². The molecule has 3 aromatic rings. The molecule has 37 heavy (non-hydrogen) atoms. The lowest BCUT2D eigenvalue weighted by Gasteiger charge is -2.29. The van der Waals surface area contributed by atoms with E-state index in [9.17, 15) is 19.5 Å². The Labute approximate surface area is 211 Å². The highest BCUT2D eigenvalue weighted by Gasteiger charge is 2.53. The van der Waals surface area contributed by atoms with Crippen molar-refractivity contribution >= 4 is 40.6 Å². The third kappa shape index (κ3) is 3.60. The Morgan fingerprint density at radius 3 is 2.73 bits per heavy atom. The number of furan rings is 1. The van der Waals surface area contributed by atoms with Crippen LogP contribution in [0, 0.1) is 0 Å². The summed E-state index contributed by atoms with van der Waals surface area (Å²) in [6, 6.07) is 11.7. The molecule has 10 nitrogen and oxygen atoms in total. The molecule has 1 unspecified atom stereocenters. The van der Waals surface area contributed by atoms with Crippen molar-refractivity contribution in [2.75, 3.05) is 13.7 Å². The number of aliphatic imine (C=N–C) groups is 1. The van der Waals surface area contributed by atoms with Gasteiger partial charge in [-0.1, -0.05) is 12.1 Å². The number of methoxy groups -OCH3 is 1. The number of ether oxygens (including phenoxy) is 1. The number of fused-ring (bicyclic) bond motifs is 2. The first kappa shape index (κ1) is 23.0. The molecule has 0 aliphatic carbocycles. The molecule has 10 heteroatoms. The molecule has 0 spiro atoms. The van der Waals surface area contributed by atoms with Crippen molar-refractivity contribution in [3.8, 4) is 5.75 Å². The molecule has 6 rings (SSSR count). The topological polar surface area (TPSA) is 133 Å². The number of rotatable bonds is 5. The maximum absolute atomic E-state index is 13.2. The predicted octanol–water partition coefficient (Wildman–Crippen LogP) is 2.70. The lowest BCUT2D eigenvalue weighted by molar-refractivity contribution is -0.125. The number of hydrogen-bond acceptors (Lipinski definition) is 7. The summed E-state index contributed by atoms with van der Waals surface area (Å²) in [5.74, 6) is -0.119. The molecule has 0 radical (unpaired) electrons.